The lowest BCUT2D eigenvalue weighted by molar-refractivity contribution is 0.794. The topological polar surface area (TPSA) is 30.3 Å². The van der Waals surface area contributed by atoms with Gasteiger partial charge in [0, 0.05) is 39.6 Å². The van der Waals surface area contributed by atoms with Crippen LogP contribution in [-0.4, -0.2) is 28.2 Å². The van der Waals surface area contributed by atoms with Crippen LogP contribution in [0.3, 0.4) is 0 Å². The molecule has 0 aliphatic heterocycles. The van der Waals surface area contributed by atoms with E-state index < -0.39 is 5.41 Å². The van der Waals surface area contributed by atoms with Gasteiger partial charge in [-0.25, -0.2) is 0 Å². The van der Waals surface area contributed by atoms with Gasteiger partial charge in [-0.05, 0) is 46.5 Å². The largest absolute Gasteiger partial charge is 0.378 e. The van der Waals surface area contributed by atoms with Crippen LogP contribution in [0.25, 0.3) is 6.08 Å². The van der Waals surface area contributed by atoms with Crippen molar-refractivity contribution in [2.45, 2.75) is 5.41 Å². The second-order valence-electron chi connectivity index (χ2n) is 7.57. The lowest BCUT2D eigenvalue weighted by Gasteiger charge is -2.30. The Labute approximate surface area is 174 Å². The second kappa shape index (κ2) is 8.24. The fourth-order valence-corrected chi connectivity index (χ4v) is 3.58. The van der Waals surface area contributed by atoms with Crippen molar-refractivity contribution in [3.8, 4) is 6.07 Å². The number of hydrogen-bond donors (Lipinski definition) is 0. The molecule has 0 aliphatic carbocycles. The van der Waals surface area contributed by atoms with E-state index in [1.807, 2.05) is 58.5 Å². The minimum absolute atomic E-state index is 0.893. The molecule has 0 saturated heterocycles. The predicted octanol–water partition coefficient (Wildman–Crippen LogP) is 5.32. The first kappa shape index (κ1) is 20.2. The highest BCUT2D eigenvalue weighted by molar-refractivity contribution is 5.62. The first-order chi connectivity index (χ1) is 13.9. The lowest BCUT2D eigenvalue weighted by atomic mass is 9.70. The van der Waals surface area contributed by atoms with Crippen molar-refractivity contribution < 1.29 is 0 Å². The summed E-state index contributed by atoms with van der Waals surface area (Å²) in [5.41, 5.74) is 5.20. The first-order valence-corrected chi connectivity index (χ1v) is 9.62. The molecule has 0 N–H and O–H groups in total. The molecule has 3 aromatic rings. The molecule has 0 radical (unpaired) electrons. The summed E-state index contributed by atoms with van der Waals surface area (Å²) in [5, 5.41) is 10.5. The molecule has 0 atom stereocenters. The summed E-state index contributed by atoms with van der Waals surface area (Å²) in [5.74, 6) is 0. The summed E-state index contributed by atoms with van der Waals surface area (Å²) < 4.78 is 0. The van der Waals surface area contributed by atoms with Crippen LogP contribution in [0.5, 0.6) is 0 Å². The zero-order valence-electron chi connectivity index (χ0n) is 17.6. The van der Waals surface area contributed by atoms with Crippen molar-refractivity contribution in [3.63, 3.8) is 0 Å². The average Bonchev–Trinajstić information content (AvgIpc) is 2.76. The van der Waals surface area contributed by atoms with Gasteiger partial charge in [0.25, 0.3) is 0 Å². The smallest absolute Gasteiger partial charge is 0.132 e. The molecule has 0 fully saturated rings. The van der Waals surface area contributed by atoms with E-state index in [9.17, 15) is 5.26 Å². The van der Waals surface area contributed by atoms with Gasteiger partial charge in [-0.15, -0.1) is 0 Å². The molecule has 29 heavy (non-hydrogen) atoms. The predicted molar refractivity (Wildman–Crippen MR) is 124 cm³/mol. The van der Waals surface area contributed by atoms with E-state index in [4.69, 9.17) is 0 Å². The molecule has 146 valence electrons. The van der Waals surface area contributed by atoms with Crippen LogP contribution in [0.4, 0.5) is 11.4 Å². The first-order valence-electron chi connectivity index (χ1n) is 9.62. The summed E-state index contributed by atoms with van der Waals surface area (Å²) in [6, 6.07) is 27.2. The fourth-order valence-electron chi connectivity index (χ4n) is 3.58. The monoisotopic (exact) mass is 381 g/mol. The van der Waals surface area contributed by atoms with Crippen LogP contribution >= 0.6 is 0 Å². The van der Waals surface area contributed by atoms with Gasteiger partial charge in [0.1, 0.15) is 5.41 Å². The van der Waals surface area contributed by atoms with Gasteiger partial charge in [0.2, 0.25) is 0 Å². The molecule has 0 aromatic heterocycles. The normalized spacial score (nSPS) is 10.9. The minimum Gasteiger partial charge on any atom is -0.378 e. The average molecular weight is 382 g/mol. The van der Waals surface area contributed by atoms with Crippen molar-refractivity contribution in [3.05, 3.63) is 102 Å². The number of anilines is 2. The zero-order chi connectivity index (χ0) is 21.0. The molecular formula is C26H27N3. The van der Waals surface area contributed by atoms with Gasteiger partial charge >= 0.3 is 0 Å². The van der Waals surface area contributed by atoms with Crippen LogP contribution in [0.2, 0.25) is 0 Å². The minimum atomic E-state index is -0.893. The van der Waals surface area contributed by atoms with E-state index >= 15 is 0 Å². The Morgan fingerprint density at radius 1 is 0.690 bits per heavy atom. The third-order valence-electron chi connectivity index (χ3n) is 5.38. The van der Waals surface area contributed by atoms with Crippen molar-refractivity contribution in [2.75, 3.05) is 38.0 Å². The van der Waals surface area contributed by atoms with E-state index in [0.717, 1.165) is 33.6 Å². The molecule has 0 heterocycles. The maximum absolute atomic E-state index is 10.5. The molecule has 0 bridgehead atoms. The van der Waals surface area contributed by atoms with Gasteiger partial charge < -0.3 is 9.80 Å². The Bertz CT molecular complexity index is 954. The molecule has 0 aliphatic rings. The molecular weight excluding hydrogens is 354 g/mol. The van der Waals surface area contributed by atoms with Gasteiger partial charge in [0.15, 0.2) is 0 Å². The van der Waals surface area contributed by atoms with E-state index in [1.165, 1.54) is 0 Å². The molecule has 3 rings (SSSR count). The molecule has 3 heteroatoms. The highest BCUT2D eigenvalue weighted by atomic mass is 15.1. The Hall–Kier alpha value is -3.51. The maximum Gasteiger partial charge on any atom is 0.132 e. The molecule has 0 saturated carbocycles. The summed E-state index contributed by atoms with van der Waals surface area (Å²) in [7, 11) is 8.06. The Kier molecular flexibility index (Phi) is 5.75. The maximum atomic E-state index is 10.5. The highest BCUT2D eigenvalue weighted by Crippen LogP contribution is 2.40. The van der Waals surface area contributed by atoms with Crippen molar-refractivity contribution in [2.24, 2.45) is 0 Å². The van der Waals surface area contributed by atoms with Crippen LogP contribution in [0, 0.1) is 11.3 Å². The van der Waals surface area contributed by atoms with Crippen LogP contribution in [0.15, 0.2) is 79.4 Å². The van der Waals surface area contributed by atoms with Crippen LogP contribution in [-0.2, 0) is 5.41 Å². The third-order valence-corrected chi connectivity index (χ3v) is 5.38. The zero-order valence-corrected chi connectivity index (χ0v) is 17.6. The van der Waals surface area contributed by atoms with E-state index in [2.05, 4.69) is 71.0 Å². The van der Waals surface area contributed by atoms with Crippen molar-refractivity contribution >= 4 is 17.5 Å². The van der Waals surface area contributed by atoms with Gasteiger partial charge in [-0.2, -0.15) is 5.26 Å². The number of nitriles is 1. The van der Waals surface area contributed by atoms with Crippen LogP contribution < -0.4 is 9.80 Å². The van der Waals surface area contributed by atoms with E-state index in [0.29, 0.717) is 0 Å². The molecule has 3 aromatic carbocycles. The molecule has 0 spiro atoms. The lowest BCUT2D eigenvalue weighted by Crippen LogP contribution is -2.27. The van der Waals surface area contributed by atoms with Crippen molar-refractivity contribution in [1.82, 2.24) is 0 Å². The second-order valence-corrected chi connectivity index (χ2v) is 7.57. The Morgan fingerprint density at radius 3 is 1.31 bits per heavy atom. The highest BCUT2D eigenvalue weighted by Gasteiger charge is 2.36. The van der Waals surface area contributed by atoms with E-state index in [-0.39, 0.29) is 0 Å². The van der Waals surface area contributed by atoms with Gasteiger partial charge in [-0.1, -0.05) is 61.2 Å². The fraction of sp³-hybridized carbons (Fsp3) is 0.192. The van der Waals surface area contributed by atoms with E-state index in [1.54, 1.807) is 0 Å². The number of nitrogens with zero attached hydrogens (tertiary/aromatic N) is 3. The Morgan fingerprint density at radius 2 is 1.03 bits per heavy atom. The molecule has 0 amide bonds. The van der Waals surface area contributed by atoms with Crippen molar-refractivity contribution in [1.29, 1.82) is 5.26 Å². The quantitative estimate of drug-likeness (QED) is 0.541. The number of benzene rings is 3. The molecule has 3 nitrogen and oxygen atoms in total. The summed E-state index contributed by atoms with van der Waals surface area (Å²) >= 11 is 0. The standard InChI is InChI=1S/C26H27N3/c1-6-20-7-9-21(10-8-20)26(19-27,22-11-15-24(16-12-22)28(2)3)23-13-17-25(18-14-23)29(4)5/h6-18H,1H2,2-5H3. The SMILES string of the molecule is C=Cc1ccc(C(C#N)(c2ccc(N(C)C)cc2)c2ccc(N(C)C)cc2)cc1. The molecule has 0 unspecified atom stereocenters. The summed E-state index contributed by atoms with van der Waals surface area (Å²) in [6.45, 7) is 3.84. The number of hydrogen-bond acceptors (Lipinski definition) is 3. The summed E-state index contributed by atoms with van der Waals surface area (Å²) in [6.07, 6.45) is 1.82. The Balaban J connectivity index is 2.23. The van der Waals surface area contributed by atoms with Gasteiger partial charge in [-0.3, -0.25) is 0 Å². The van der Waals surface area contributed by atoms with Crippen LogP contribution in [0.1, 0.15) is 22.3 Å². The summed E-state index contributed by atoms with van der Waals surface area (Å²) in [4.78, 5) is 4.12. The van der Waals surface area contributed by atoms with Gasteiger partial charge in [0.05, 0.1) is 6.07 Å². The third kappa shape index (κ3) is 3.75. The number of rotatable bonds is 6.